The van der Waals surface area contributed by atoms with E-state index in [1.54, 1.807) is 12.3 Å². The number of carbonyl (C=O) groups excluding carboxylic acids is 1. The largest absolute Gasteiger partial charge is 0.524 e. The molecule has 0 saturated heterocycles. The molecular formula is C20H19ClF4N4O3. The Kier molecular flexibility index (Phi) is 4.81. The average Bonchev–Trinajstić information content (AvgIpc) is 3.10. The Balaban J connectivity index is 1.15. The lowest BCUT2D eigenvalue weighted by Crippen LogP contribution is -2.77. The quantitative estimate of drug-likeness (QED) is 0.488. The summed E-state index contributed by atoms with van der Waals surface area (Å²) in [6.45, 7) is -0.497. The van der Waals surface area contributed by atoms with Crippen LogP contribution < -0.4 is 5.32 Å². The van der Waals surface area contributed by atoms with Crippen LogP contribution in [0.25, 0.3) is 5.69 Å². The number of aromatic nitrogens is 3. The van der Waals surface area contributed by atoms with E-state index in [0.29, 0.717) is 31.4 Å². The third-order valence-corrected chi connectivity index (χ3v) is 6.83. The van der Waals surface area contributed by atoms with Gasteiger partial charge in [0.2, 0.25) is 5.91 Å². The van der Waals surface area contributed by atoms with E-state index in [-0.39, 0.29) is 23.3 Å². The van der Waals surface area contributed by atoms with Gasteiger partial charge in [0.1, 0.15) is 12.4 Å². The van der Waals surface area contributed by atoms with Crippen molar-refractivity contribution in [3.8, 4) is 5.69 Å². The number of nitrogens with one attached hydrogen (secondary N) is 1. The Bertz CT molecular complexity index is 1050. The lowest BCUT2D eigenvalue weighted by atomic mass is 9.38. The normalized spacial score (nSPS) is 27.8. The summed E-state index contributed by atoms with van der Waals surface area (Å²) in [5.74, 6) is -2.79. The standard InChI is InChI=1S/C20H19ClF4N4O3/c21-13-3-2-12(6-14(13)22)29-7-15(27-28-29)17-9-18(10-17,11-17)26-16(30)8-31-19(4-1-5-19)32-20(23,24)25/h2-3,6-7H,1,4-5,8-11H2,(H,26,30). The molecule has 6 rings (SSSR count). The monoisotopic (exact) mass is 474 g/mol. The van der Waals surface area contributed by atoms with Crippen molar-refractivity contribution in [3.63, 3.8) is 0 Å². The molecule has 32 heavy (non-hydrogen) atoms. The molecule has 1 aromatic heterocycles. The van der Waals surface area contributed by atoms with E-state index < -0.39 is 36.0 Å². The summed E-state index contributed by atoms with van der Waals surface area (Å²) in [5.41, 5.74) is 0.607. The molecule has 7 nitrogen and oxygen atoms in total. The highest BCUT2D eigenvalue weighted by Gasteiger charge is 2.70. The predicted molar refractivity (Wildman–Crippen MR) is 102 cm³/mol. The molecule has 2 aromatic rings. The highest BCUT2D eigenvalue weighted by atomic mass is 35.5. The zero-order valence-electron chi connectivity index (χ0n) is 16.7. The van der Waals surface area contributed by atoms with Gasteiger partial charge in [0.25, 0.3) is 0 Å². The molecule has 4 aliphatic rings. The summed E-state index contributed by atoms with van der Waals surface area (Å²) >= 11 is 5.71. The third kappa shape index (κ3) is 3.75. The predicted octanol–water partition coefficient (Wildman–Crippen LogP) is 3.78. The molecule has 0 aliphatic heterocycles. The van der Waals surface area contributed by atoms with Crippen LogP contribution in [0.15, 0.2) is 24.4 Å². The van der Waals surface area contributed by atoms with E-state index >= 15 is 0 Å². The van der Waals surface area contributed by atoms with E-state index in [9.17, 15) is 22.4 Å². The number of nitrogens with zero attached hydrogens (tertiary/aromatic N) is 3. The summed E-state index contributed by atoms with van der Waals surface area (Å²) in [5, 5.41) is 11.2. The van der Waals surface area contributed by atoms with Crippen LogP contribution in [0.1, 0.15) is 44.2 Å². The summed E-state index contributed by atoms with van der Waals surface area (Å²) in [6, 6.07) is 4.33. The van der Waals surface area contributed by atoms with Crippen LogP contribution in [0, 0.1) is 5.82 Å². The number of rotatable bonds is 7. The fourth-order valence-corrected chi connectivity index (χ4v) is 5.05. The van der Waals surface area contributed by atoms with Gasteiger partial charge >= 0.3 is 6.36 Å². The van der Waals surface area contributed by atoms with Crippen molar-refractivity contribution in [2.24, 2.45) is 0 Å². The molecule has 0 unspecified atom stereocenters. The highest BCUT2D eigenvalue weighted by Crippen LogP contribution is 2.67. The molecule has 1 heterocycles. The minimum absolute atomic E-state index is 0.0170. The lowest BCUT2D eigenvalue weighted by Gasteiger charge is -2.69. The van der Waals surface area contributed by atoms with E-state index in [1.165, 1.54) is 16.8 Å². The summed E-state index contributed by atoms with van der Waals surface area (Å²) in [4.78, 5) is 12.3. The molecule has 4 fully saturated rings. The number of hydrogen-bond acceptors (Lipinski definition) is 5. The van der Waals surface area contributed by atoms with Gasteiger partial charge in [-0.25, -0.2) is 9.07 Å². The minimum atomic E-state index is -4.81. The number of amides is 1. The molecule has 1 N–H and O–H groups in total. The van der Waals surface area contributed by atoms with Gasteiger partial charge in [-0.15, -0.1) is 18.3 Å². The van der Waals surface area contributed by atoms with Crippen LogP contribution in [-0.2, 0) is 19.7 Å². The number of ether oxygens (including phenoxy) is 2. The second-order valence-corrected chi connectivity index (χ2v) is 9.29. The summed E-state index contributed by atoms with van der Waals surface area (Å²) in [7, 11) is 0. The molecule has 2 bridgehead atoms. The Morgan fingerprint density at radius 1 is 1.25 bits per heavy atom. The van der Waals surface area contributed by atoms with Crippen LogP contribution in [0.2, 0.25) is 5.02 Å². The molecule has 0 atom stereocenters. The molecular weight excluding hydrogens is 456 g/mol. The fourth-order valence-electron chi connectivity index (χ4n) is 4.93. The number of halogens is 5. The maximum Gasteiger partial charge on any atom is 0.524 e. The van der Waals surface area contributed by atoms with Crippen LogP contribution in [-0.4, -0.2) is 45.2 Å². The Labute approximate surface area is 185 Å². The minimum Gasteiger partial charge on any atom is -0.349 e. The maximum absolute atomic E-state index is 13.7. The van der Waals surface area contributed by atoms with Gasteiger partial charge in [-0.3, -0.25) is 9.53 Å². The summed E-state index contributed by atoms with van der Waals surface area (Å²) < 4.78 is 62.1. The molecule has 4 aliphatic carbocycles. The van der Waals surface area contributed by atoms with Crippen molar-refractivity contribution in [2.75, 3.05) is 6.61 Å². The Morgan fingerprint density at radius 3 is 2.56 bits per heavy atom. The van der Waals surface area contributed by atoms with Crippen molar-refractivity contribution in [1.29, 1.82) is 0 Å². The van der Waals surface area contributed by atoms with E-state index in [2.05, 4.69) is 20.4 Å². The molecule has 0 spiro atoms. The topological polar surface area (TPSA) is 78.3 Å². The van der Waals surface area contributed by atoms with Crippen LogP contribution in [0.3, 0.4) is 0 Å². The van der Waals surface area contributed by atoms with Gasteiger partial charge < -0.3 is 10.1 Å². The van der Waals surface area contributed by atoms with Gasteiger partial charge in [-0.05, 0) is 37.8 Å². The second kappa shape index (κ2) is 7.13. The van der Waals surface area contributed by atoms with Crippen molar-refractivity contribution in [2.45, 2.75) is 61.6 Å². The molecule has 1 aromatic carbocycles. The van der Waals surface area contributed by atoms with Gasteiger partial charge in [0.15, 0.2) is 5.79 Å². The SMILES string of the molecule is O=C(COC1(OC(F)(F)F)CCC1)NC12CC(c3cn(-c4ccc(Cl)c(F)c4)nn3)(C1)C2. The number of alkyl halides is 3. The first-order valence-electron chi connectivity index (χ1n) is 10.1. The first-order valence-corrected chi connectivity index (χ1v) is 10.5. The second-order valence-electron chi connectivity index (χ2n) is 8.89. The van der Waals surface area contributed by atoms with Gasteiger partial charge in [-0.2, -0.15) is 0 Å². The highest BCUT2D eigenvalue weighted by molar-refractivity contribution is 6.30. The lowest BCUT2D eigenvalue weighted by molar-refractivity contribution is -0.432. The molecule has 4 saturated carbocycles. The van der Waals surface area contributed by atoms with Crippen molar-refractivity contribution in [1.82, 2.24) is 20.3 Å². The maximum atomic E-state index is 13.7. The molecule has 0 radical (unpaired) electrons. The zero-order valence-corrected chi connectivity index (χ0v) is 17.5. The fraction of sp³-hybridized carbons (Fsp3) is 0.550. The van der Waals surface area contributed by atoms with Gasteiger partial charge in [-0.1, -0.05) is 16.8 Å². The molecule has 12 heteroatoms. The van der Waals surface area contributed by atoms with Crippen LogP contribution in [0.5, 0.6) is 0 Å². The first kappa shape index (κ1) is 21.6. The van der Waals surface area contributed by atoms with Crippen LogP contribution >= 0.6 is 11.6 Å². The van der Waals surface area contributed by atoms with Crippen LogP contribution in [0.4, 0.5) is 17.6 Å². The van der Waals surface area contributed by atoms with Crippen molar-refractivity contribution >= 4 is 17.5 Å². The number of benzene rings is 1. The van der Waals surface area contributed by atoms with Crippen molar-refractivity contribution < 1.29 is 31.8 Å². The van der Waals surface area contributed by atoms with Gasteiger partial charge in [0.05, 0.1) is 22.6 Å². The summed E-state index contributed by atoms with van der Waals surface area (Å²) in [6.07, 6.45) is -0.412. The molecule has 1 amide bonds. The van der Waals surface area contributed by atoms with Gasteiger partial charge in [0, 0.05) is 29.9 Å². The number of hydrogen-bond donors (Lipinski definition) is 1. The smallest absolute Gasteiger partial charge is 0.349 e. The average molecular weight is 475 g/mol. The third-order valence-electron chi connectivity index (χ3n) is 6.52. The number of carbonyl (C=O) groups is 1. The van der Waals surface area contributed by atoms with E-state index in [1.807, 2.05) is 0 Å². The van der Waals surface area contributed by atoms with E-state index in [0.717, 1.165) is 5.69 Å². The zero-order chi connectivity index (χ0) is 22.8. The van der Waals surface area contributed by atoms with Crippen molar-refractivity contribution in [3.05, 3.63) is 40.9 Å². The Morgan fingerprint density at radius 2 is 1.97 bits per heavy atom. The first-order chi connectivity index (χ1) is 15.0. The van der Waals surface area contributed by atoms with E-state index in [4.69, 9.17) is 16.3 Å². The Hall–Kier alpha value is -2.24. The molecule has 172 valence electrons.